The smallest absolute Gasteiger partial charge is 0.251 e. The standard InChI is InChI=1S/C14H18N2O2/c1-9-6-12(18-2)8-11-7-10(4-3-5-15)14(17)16-13(9)11/h6-8H,3-5,15H2,1-2H3,(H,16,17). The molecule has 4 nitrogen and oxygen atoms in total. The lowest BCUT2D eigenvalue weighted by atomic mass is 10.1. The van der Waals surface area contributed by atoms with Crippen molar-refractivity contribution in [3.8, 4) is 5.75 Å². The Morgan fingerprint density at radius 3 is 2.78 bits per heavy atom. The molecule has 0 spiro atoms. The van der Waals surface area contributed by atoms with Gasteiger partial charge in [-0.15, -0.1) is 0 Å². The number of aromatic amines is 1. The number of H-pyrrole nitrogens is 1. The molecule has 0 aliphatic rings. The number of hydrogen-bond donors (Lipinski definition) is 2. The lowest BCUT2D eigenvalue weighted by Crippen LogP contribution is -2.14. The molecule has 0 bridgehead atoms. The topological polar surface area (TPSA) is 68.1 Å². The van der Waals surface area contributed by atoms with Crippen LogP contribution in [0.15, 0.2) is 23.0 Å². The predicted octanol–water partition coefficient (Wildman–Crippen LogP) is 1.74. The molecule has 0 aliphatic carbocycles. The number of aryl methyl sites for hydroxylation is 2. The maximum absolute atomic E-state index is 11.9. The molecule has 1 aromatic carbocycles. The zero-order valence-corrected chi connectivity index (χ0v) is 10.7. The number of benzene rings is 1. The molecular formula is C14H18N2O2. The van der Waals surface area contributed by atoms with E-state index in [2.05, 4.69) is 4.98 Å². The molecule has 0 unspecified atom stereocenters. The maximum atomic E-state index is 11.9. The van der Waals surface area contributed by atoms with Gasteiger partial charge in [0.15, 0.2) is 0 Å². The molecule has 1 heterocycles. The first-order chi connectivity index (χ1) is 8.65. The lowest BCUT2D eigenvalue weighted by Gasteiger charge is -2.08. The molecule has 3 N–H and O–H groups in total. The summed E-state index contributed by atoms with van der Waals surface area (Å²) < 4.78 is 5.24. The second kappa shape index (κ2) is 5.23. The van der Waals surface area contributed by atoms with Crippen molar-refractivity contribution >= 4 is 10.9 Å². The molecule has 0 aliphatic heterocycles. The van der Waals surface area contributed by atoms with Gasteiger partial charge in [-0.25, -0.2) is 0 Å². The van der Waals surface area contributed by atoms with E-state index in [9.17, 15) is 4.79 Å². The third-order valence-electron chi connectivity index (χ3n) is 3.09. The van der Waals surface area contributed by atoms with E-state index in [1.54, 1.807) is 7.11 Å². The molecule has 0 amide bonds. The number of nitrogens with one attached hydrogen (secondary N) is 1. The summed E-state index contributed by atoms with van der Waals surface area (Å²) in [4.78, 5) is 14.9. The van der Waals surface area contributed by atoms with Crippen molar-refractivity contribution in [2.45, 2.75) is 19.8 Å². The molecule has 0 radical (unpaired) electrons. The summed E-state index contributed by atoms with van der Waals surface area (Å²) in [6, 6.07) is 5.78. The van der Waals surface area contributed by atoms with Crippen LogP contribution in [0.3, 0.4) is 0 Å². The third kappa shape index (κ3) is 2.38. The van der Waals surface area contributed by atoms with Crippen LogP contribution in [-0.4, -0.2) is 18.6 Å². The van der Waals surface area contributed by atoms with Gasteiger partial charge in [-0.2, -0.15) is 0 Å². The normalized spacial score (nSPS) is 10.8. The minimum Gasteiger partial charge on any atom is -0.497 e. The van der Waals surface area contributed by atoms with Crippen molar-refractivity contribution in [1.29, 1.82) is 0 Å². The van der Waals surface area contributed by atoms with Crippen LogP contribution < -0.4 is 16.0 Å². The molecule has 4 heteroatoms. The van der Waals surface area contributed by atoms with Gasteiger partial charge in [0.1, 0.15) is 5.75 Å². The Labute approximate surface area is 106 Å². The van der Waals surface area contributed by atoms with Crippen LogP contribution in [0.2, 0.25) is 0 Å². The van der Waals surface area contributed by atoms with Gasteiger partial charge in [-0.3, -0.25) is 4.79 Å². The van der Waals surface area contributed by atoms with Gasteiger partial charge in [0.2, 0.25) is 0 Å². The van der Waals surface area contributed by atoms with Crippen molar-refractivity contribution < 1.29 is 4.74 Å². The van der Waals surface area contributed by atoms with E-state index in [4.69, 9.17) is 10.5 Å². The highest BCUT2D eigenvalue weighted by atomic mass is 16.5. The number of methoxy groups -OCH3 is 1. The van der Waals surface area contributed by atoms with E-state index in [1.807, 2.05) is 25.1 Å². The second-order valence-electron chi connectivity index (χ2n) is 4.42. The largest absolute Gasteiger partial charge is 0.497 e. The molecule has 0 fully saturated rings. The predicted molar refractivity (Wildman–Crippen MR) is 73.2 cm³/mol. The van der Waals surface area contributed by atoms with Crippen LogP contribution in [0, 0.1) is 6.92 Å². The van der Waals surface area contributed by atoms with Crippen molar-refractivity contribution in [1.82, 2.24) is 4.98 Å². The molecule has 2 aromatic rings. The highest BCUT2D eigenvalue weighted by Gasteiger charge is 2.06. The Kier molecular flexibility index (Phi) is 3.67. The van der Waals surface area contributed by atoms with Gasteiger partial charge in [0.25, 0.3) is 5.56 Å². The van der Waals surface area contributed by atoms with Crippen LogP contribution >= 0.6 is 0 Å². The minimum atomic E-state index is -0.0239. The van der Waals surface area contributed by atoms with Gasteiger partial charge in [-0.05, 0) is 50.1 Å². The first-order valence-corrected chi connectivity index (χ1v) is 6.06. The van der Waals surface area contributed by atoms with Crippen LogP contribution in [0.25, 0.3) is 10.9 Å². The zero-order chi connectivity index (χ0) is 13.1. The quantitative estimate of drug-likeness (QED) is 0.863. The summed E-state index contributed by atoms with van der Waals surface area (Å²) in [7, 11) is 1.64. The van der Waals surface area contributed by atoms with E-state index < -0.39 is 0 Å². The van der Waals surface area contributed by atoms with Crippen molar-refractivity contribution in [3.05, 3.63) is 39.7 Å². The SMILES string of the molecule is COc1cc(C)c2[nH]c(=O)c(CCCN)cc2c1. The molecule has 2 rings (SSSR count). The number of fused-ring (bicyclic) bond motifs is 1. The van der Waals surface area contributed by atoms with Crippen LogP contribution in [0.4, 0.5) is 0 Å². The molecular weight excluding hydrogens is 228 g/mol. The third-order valence-corrected chi connectivity index (χ3v) is 3.09. The second-order valence-corrected chi connectivity index (χ2v) is 4.42. The minimum absolute atomic E-state index is 0.0239. The van der Waals surface area contributed by atoms with Crippen molar-refractivity contribution in [2.75, 3.05) is 13.7 Å². The van der Waals surface area contributed by atoms with Crippen LogP contribution in [0.5, 0.6) is 5.75 Å². The fourth-order valence-electron chi connectivity index (χ4n) is 2.11. The van der Waals surface area contributed by atoms with Gasteiger partial charge in [0.05, 0.1) is 12.6 Å². The van der Waals surface area contributed by atoms with Gasteiger partial charge < -0.3 is 15.5 Å². The highest BCUT2D eigenvalue weighted by Crippen LogP contribution is 2.23. The van der Waals surface area contributed by atoms with Crippen LogP contribution in [0.1, 0.15) is 17.5 Å². The Morgan fingerprint density at radius 1 is 1.33 bits per heavy atom. The number of rotatable bonds is 4. The van der Waals surface area contributed by atoms with Gasteiger partial charge >= 0.3 is 0 Å². The summed E-state index contributed by atoms with van der Waals surface area (Å²) in [6.07, 6.45) is 1.52. The number of nitrogens with two attached hydrogens (primary N) is 1. The molecule has 18 heavy (non-hydrogen) atoms. The van der Waals surface area contributed by atoms with E-state index in [0.29, 0.717) is 13.0 Å². The Balaban J connectivity index is 2.58. The summed E-state index contributed by atoms with van der Waals surface area (Å²) in [6.45, 7) is 2.55. The number of hydrogen-bond acceptors (Lipinski definition) is 3. The van der Waals surface area contributed by atoms with Gasteiger partial charge in [-0.1, -0.05) is 0 Å². The maximum Gasteiger partial charge on any atom is 0.251 e. The molecule has 0 atom stereocenters. The fraction of sp³-hybridized carbons (Fsp3) is 0.357. The van der Waals surface area contributed by atoms with Crippen molar-refractivity contribution in [3.63, 3.8) is 0 Å². The first-order valence-electron chi connectivity index (χ1n) is 6.06. The Bertz CT molecular complexity index is 617. The van der Waals surface area contributed by atoms with Gasteiger partial charge in [0, 0.05) is 10.9 Å². The molecule has 0 saturated carbocycles. The van der Waals surface area contributed by atoms with E-state index >= 15 is 0 Å². The van der Waals surface area contributed by atoms with E-state index in [1.165, 1.54) is 0 Å². The number of pyridine rings is 1. The average Bonchev–Trinajstić information content (AvgIpc) is 2.37. The lowest BCUT2D eigenvalue weighted by molar-refractivity contribution is 0.415. The van der Waals surface area contributed by atoms with Crippen LogP contribution in [-0.2, 0) is 6.42 Å². The zero-order valence-electron chi connectivity index (χ0n) is 10.7. The molecule has 96 valence electrons. The monoisotopic (exact) mass is 246 g/mol. The Hall–Kier alpha value is -1.81. The van der Waals surface area contributed by atoms with E-state index in [-0.39, 0.29) is 5.56 Å². The summed E-state index contributed by atoms with van der Waals surface area (Å²) in [5.41, 5.74) is 8.11. The first kappa shape index (κ1) is 12.6. The number of ether oxygens (including phenoxy) is 1. The fourth-order valence-corrected chi connectivity index (χ4v) is 2.11. The summed E-state index contributed by atoms with van der Waals surface area (Å²) >= 11 is 0. The van der Waals surface area contributed by atoms with E-state index in [0.717, 1.165) is 34.2 Å². The summed E-state index contributed by atoms with van der Waals surface area (Å²) in [5, 5.41) is 0.999. The average molecular weight is 246 g/mol. The Morgan fingerprint density at radius 2 is 2.11 bits per heavy atom. The van der Waals surface area contributed by atoms with Crippen molar-refractivity contribution in [2.24, 2.45) is 5.73 Å². The molecule has 0 saturated heterocycles. The highest BCUT2D eigenvalue weighted by molar-refractivity contribution is 5.83. The summed E-state index contributed by atoms with van der Waals surface area (Å²) in [5.74, 6) is 0.803. The number of aromatic nitrogens is 1. The molecule has 1 aromatic heterocycles.